The Morgan fingerprint density at radius 3 is 2.60 bits per heavy atom. The molecule has 20 heavy (non-hydrogen) atoms. The largest absolute Gasteiger partial charge is 0.477 e. The van der Waals surface area contributed by atoms with Gasteiger partial charge < -0.3 is 10.4 Å². The molecule has 2 aromatic rings. The van der Waals surface area contributed by atoms with Crippen molar-refractivity contribution >= 4 is 11.9 Å². The average Bonchev–Trinajstić information content (AvgIpc) is 2.45. The van der Waals surface area contributed by atoms with E-state index in [1.165, 1.54) is 30.5 Å². The molecule has 0 fully saturated rings. The van der Waals surface area contributed by atoms with Gasteiger partial charge in [-0.1, -0.05) is 12.1 Å². The van der Waals surface area contributed by atoms with Gasteiger partial charge >= 0.3 is 5.97 Å². The fraction of sp³-hybridized carbons (Fsp3) is 0.0769. The van der Waals surface area contributed by atoms with E-state index in [1.54, 1.807) is 0 Å². The lowest BCUT2D eigenvalue weighted by atomic mass is 10.2. The normalized spacial score (nSPS) is 10.1. The van der Waals surface area contributed by atoms with Gasteiger partial charge in [0.25, 0.3) is 5.91 Å². The minimum Gasteiger partial charge on any atom is -0.477 e. The first-order valence-electron chi connectivity index (χ1n) is 5.65. The third-order valence-corrected chi connectivity index (χ3v) is 2.44. The summed E-state index contributed by atoms with van der Waals surface area (Å²) in [6.07, 6.45) is 1.35. The van der Waals surface area contributed by atoms with Crippen LogP contribution in [0.15, 0.2) is 36.5 Å². The van der Waals surface area contributed by atoms with Gasteiger partial charge in [0, 0.05) is 12.7 Å². The van der Waals surface area contributed by atoms with Crippen LogP contribution in [0.25, 0.3) is 0 Å². The molecule has 2 N–H and O–H groups in total. The number of hydrogen-bond donors (Lipinski definition) is 2. The van der Waals surface area contributed by atoms with Crippen LogP contribution < -0.4 is 5.32 Å². The van der Waals surface area contributed by atoms with Crippen molar-refractivity contribution in [2.75, 3.05) is 0 Å². The third-order valence-electron chi connectivity index (χ3n) is 2.44. The van der Waals surface area contributed by atoms with Crippen LogP contribution in [0.3, 0.4) is 0 Å². The first kappa shape index (κ1) is 13.6. The van der Waals surface area contributed by atoms with Crippen molar-refractivity contribution in [1.82, 2.24) is 15.3 Å². The van der Waals surface area contributed by atoms with Crippen LogP contribution in [-0.2, 0) is 6.54 Å². The van der Waals surface area contributed by atoms with Crippen LogP contribution in [0.4, 0.5) is 4.39 Å². The van der Waals surface area contributed by atoms with Crippen LogP contribution in [0.5, 0.6) is 0 Å². The van der Waals surface area contributed by atoms with Crippen molar-refractivity contribution in [3.63, 3.8) is 0 Å². The van der Waals surface area contributed by atoms with E-state index in [9.17, 15) is 14.0 Å². The number of nitrogens with zero attached hydrogens (tertiary/aromatic N) is 2. The molecule has 2 heterocycles. The highest BCUT2D eigenvalue weighted by molar-refractivity contribution is 5.92. The first-order chi connectivity index (χ1) is 9.56. The number of carboxylic acids is 1. The minimum atomic E-state index is -1.12. The number of pyridine rings is 2. The maximum absolute atomic E-state index is 12.9. The molecule has 0 saturated heterocycles. The van der Waals surface area contributed by atoms with Crippen LogP contribution in [0.2, 0.25) is 0 Å². The summed E-state index contributed by atoms with van der Waals surface area (Å²) in [5.74, 6) is -2.37. The van der Waals surface area contributed by atoms with Gasteiger partial charge in [-0.25, -0.2) is 14.8 Å². The number of rotatable bonds is 4. The zero-order valence-electron chi connectivity index (χ0n) is 10.2. The Bertz CT molecular complexity index is 644. The minimum absolute atomic E-state index is 0.0277. The SMILES string of the molecule is O=C(O)c1ccc(CNC(=O)c2cccc(F)n2)cn1. The Labute approximate surface area is 113 Å². The highest BCUT2D eigenvalue weighted by atomic mass is 19.1. The van der Waals surface area contributed by atoms with Crippen molar-refractivity contribution in [2.24, 2.45) is 0 Å². The van der Waals surface area contributed by atoms with Gasteiger partial charge in [-0.2, -0.15) is 4.39 Å². The molecule has 1 amide bonds. The zero-order valence-corrected chi connectivity index (χ0v) is 10.2. The maximum Gasteiger partial charge on any atom is 0.354 e. The summed E-state index contributed by atoms with van der Waals surface area (Å²) < 4.78 is 12.9. The second-order valence-electron chi connectivity index (χ2n) is 3.89. The van der Waals surface area contributed by atoms with Gasteiger partial charge in [-0.15, -0.1) is 0 Å². The Kier molecular flexibility index (Phi) is 3.99. The van der Waals surface area contributed by atoms with Gasteiger partial charge in [-0.3, -0.25) is 4.79 Å². The Hall–Kier alpha value is -2.83. The third kappa shape index (κ3) is 3.35. The summed E-state index contributed by atoms with van der Waals surface area (Å²) in [5.41, 5.74) is 0.520. The number of halogens is 1. The van der Waals surface area contributed by atoms with E-state index in [1.807, 2.05) is 0 Å². The van der Waals surface area contributed by atoms with E-state index >= 15 is 0 Å². The van der Waals surface area contributed by atoms with Crippen LogP contribution in [0, 0.1) is 5.95 Å². The molecule has 0 spiro atoms. The number of carbonyl (C=O) groups is 2. The molecule has 0 saturated carbocycles. The number of carbonyl (C=O) groups excluding carboxylic acids is 1. The highest BCUT2D eigenvalue weighted by Gasteiger charge is 2.08. The summed E-state index contributed by atoms with van der Waals surface area (Å²) in [4.78, 5) is 29.5. The van der Waals surface area contributed by atoms with Crippen LogP contribution >= 0.6 is 0 Å². The monoisotopic (exact) mass is 275 g/mol. The molecule has 7 heteroatoms. The van der Waals surface area contributed by atoms with Gasteiger partial charge in [0.1, 0.15) is 11.4 Å². The van der Waals surface area contributed by atoms with Gasteiger partial charge in [0.2, 0.25) is 5.95 Å². The zero-order chi connectivity index (χ0) is 14.5. The van der Waals surface area contributed by atoms with E-state index in [2.05, 4.69) is 15.3 Å². The fourth-order valence-electron chi connectivity index (χ4n) is 1.46. The molecule has 0 aliphatic rings. The van der Waals surface area contributed by atoms with E-state index in [0.717, 1.165) is 6.07 Å². The summed E-state index contributed by atoms with van der Waals surface area (Å²) in [5, 5.41) is 11.2. The number of aromatic carboxylic acids is 1. The van der Waals surface area contributed by atoms with Crippen molar-refractivity contribution in [1.29, 1.82) is 0 Å². The smallest absolute Gasteiger partial charge is 0.354 e. The molecule has 0 radical (unpaired) electrons. The average molecular weight is 275 g/mol. The molecule has 0 aromatic carbocycles. The molecule has 2 rings (SSSR count). The van der Waals surface area contributed by atoms with Gasteiger partial charge in [-0.05, 0) is 23.8 Å². The van der Waals surface area contributed by atoms with E-state index in [4.69, 9.17) is 5.11 Å². The lowest BCUT2D eigenvalue weighted by Crippen LogP contribution is -2.24. The summed E-state index contributed by atoms with van der Waals surface area (Å²) in [7, 11) is 0. The van der Waals surface area contributed by atoms with Crippen molar-refractivity contribution < 1.29 is 19.1 Å². The second-order valence-corrected chi connectivity index (χ2v) is 3.89. The van der Waals surface area contributed by atoms with Crippen molar-refractivity contribution in [2.45, 2.75) is 6.54 Å². The number of amides is 1. The lowest BCUT2D eigenvalue weighted by Gasteiger charge is -2.04. The molecule has 2 aromatic heterocycles. The second kappa shape index (κ2) is 5.87. The number of aromatic nitrogens is 2. The molecular weight excluding hydrogens is 265 g/mol. The standard InChI is InChI=1S/C13H10FN3O3/c14-11-3-1-2-9(17-11)12(18)16-7-8-4-5-10(13(19)20)15-6-8/h1-6H,7H2,(H,16,18)(H,19,20). The number of hydrogen-bond acceptors (Lipinski definition) is 4. The fourth-order valence-corrected chi connectivity index (χ4v) is 1.46. The predicted octanol–water partition coefficient (Wildman–Crippen LogP) is 1.24. The number of carboxylic acid groups (broad SMARTS) is 1. The molecule has 0 aliphatic heterocycles. The molecular formula is C13H10FN3O3. The van der Waals surface area contributed by atoms with Crippen LogP contribution in [-0.4, -0.2) is 27.0 Å². The van der Waals surface area contributed by atoms with E-state index in [-0.39, 0.29) is 17.9 Å². The van der Waals surface area contributed by atoms with Gasteiger partial charge in [0.05, 0.1) is 0 Å². The molecule has 0 bridgehead atoms. The lowest BCUT2D eigenvalue weighted by molar-refractivity contribution is 0.0690. The Balaban J connectivity index is 1.98. The summed E-state index contributed by atoms with van der Waals surface area (Å²) >= 11 is 0. The summed E-state index contributed by atoms with van der Waals surface area (Å²) in [6, 6.07) is 6.80. The Morgan fingerprint density at radius 1 is 1.20 bits per heavy atom. The molecule has 0 unspecified atom stereocenters. The first-order valence-corrected chi connectivity index (χ1v) is 5.65. The number of nitrogens with one attached hydrogen (secondary N) is 1. The quantitative estimate of drug-likeness (QED) is 0.819. The topological polar surface area (TPSA) is 92.2 Å². The Morgan fingerprint density at radius 2 is 2.00 bits per heavy atom. The molecule has 0 atom stereocenters. The summed E-state index contributed by atoms with van der Waals surface area (Å²) in [6.45, 7) is 0.143. The highest BCUT2D eigenvalue weighted by Crippen LogP contribution is 2.02. The molecule has 6 nitrogen and oxygen atoms in total. The van der Waals surface area contributed by atoms with Crippen molar-refractivity contribution in [3.8, 4) is 0 Å². The molecule has 102 valence electrons. The molecule has 0 aliphatic carbocycles. The van der Waals surface area contributed by atoms with Gasteiger partial charge in [0.15, 0.2) is 0 Å². The maximum atomic E-state index is 12.9. The van der Waals surface area contributed by atoms with E-state index in [0.29, 0.717) is 5.56 Å². The van der Waals surface area contributed by atoms with E-state index < -0.39 is 17.8 Å². The predicted molar refractivity (Wildman–Crippen MR) is 66.6 cm³/mol. The van der Waals surface area contributed by atoms with Crippen molar-refractivity contribution in [3.05, 3.63) is 59.4 Å². The van der Waals surface area contributed by atoms with Crippen LogP contribution in [0.1, 0.15) is 26.5 Å².